The number of hydrogen-bond acceptors (Lipinski definition) is 4. The molecular weight excluding hydrogens is 182 g/mol. The van der Waals surface area contributed by atoms with E-state index in [4.69, 9.17) is 5.73 Å². The van der Waals surface area contributed by atoms with Crippen LogP contribution in [-0.2, 0) is 16.1 Å². The lowest BCUT2D eigenvalue weighted by molar-refractivity contribution is -0.129. The van der Waals surface area contributed by atoms with Crippen LogP contribution in [0.5, 0.6) is 0 Å². The molecule has 1 aromatic carbocycles. The Morgan fingerprint density at radius 3 is 3.21 bits per heavy atom. The number of benzene rings is 1. The van der Waals surface area contributed by atoms with Gasteiger partial charge in [-0.1, -0.05) is 12.1 Å². The Labute approximate surface area is 79.9 Å². The van der Waals surface area contributed by atoms with E-state index < -0.39 is 0 Å². The zero-order valence-corrected chi connectivity index (χ0v) is 7.36. The van der Waals surface area contributed by atoms with Crippen molar-refractivity contribution in [3.8, 4) is 0 Å². The first-order valence-corrected chi connectivity index (χ1v) is 4.09. The third-order valence-corrected chi connectivity index (χ3v) is 1.92. The first-order chi connectivity index (χ1) is 6.81. The summed E-state index contributed by atoms with van der Waals surface area (Å²) in [6.45, 7) is 0.625. The summed E-state index contributed by atoms with van der Waals surface area (Å²) in [6.07, 6.45) is 0. The van der Waals surface area contributed by atoms with Crippen LogP contribution in [0.3, 0.4) is 0 Å². The van der Waals surface area contributed by atoms with Gasteiger partial charge in [0.05, 0.1) is 11.0 Å². The van der Waals surface area contributed by atoms with Crippen LogP contribution in [-0.4, -0.2) is 16.4 Å². The topological polar surface area (TPSA) is 81.0 Å². The van der Waals surface area contributed by atoms with Crippen molar-refractivity contribution in [2.75, 3.05) is 5.73 Å². The fraction of sp³-hybridized carbons (Fsp3) is 0.111. The molecular formula is C9H9N3O2. The average molecular weight is 191 g/mol. The van der Waals surface area contributed by atoms with Gasteiger partial charge in [0.2, 0.25) is 0 Å². The largest absolute Gasteiger partial charge is 0.463 e. The number of fused-ring (bicyclic) bond motifs is 1. The highest BCUT2D eigenvalue weighted by molar-refractivity contribution is 5.80. The van der Waals surface area contributed by atoms with Crippen molar-refractivity contribution in [1.29, 1.82) is 0 Å². The lowest BCUT2D eigenvalue weighted by atomic mass is 10.2. The molecule has 2 rings (SSSR count). The van der Waals surface area contributed by atoms with E-state index in [0.29, 0.717) is 12.4 Å². The Kier molecular flexibility index (Phi) is 2.06. The number of imidazole rings is 1. The van der Waals surface area contributed by atoms with Gasteiger partial charge in [0.15, 0.2) is 5.95 Å². The van der Waals surface area contributed by atoms with Crippen molar-refractivity contribution in [1.82, 2.24) is 9.97 Å². The minimum Gasteiger partial charge on any atom is -0.463 e. The number of aromatic amines is 1. The number of ether oxygens (including phenoxy) is 1. The molecule has 14 heavy (non-hydrogen) atoms. The number of nitrogens with two attached hydrogens (primary N) is 1. The van der Waals surface area contributed by atoms with Gasteiger partial charge < -0.3 is 15.5 Å². The molecule has 0 amide bonds. The Balaban J connectivity index is 2.47. The number of rotatable bonds is 3. The van der Waals surface area contributed by atoms with Crippen LogP contribution in [0.2, 0.25) is 0 Å². The molecule has 0 bridgehead atoms. The number of nitrogens with one attached hydrogen (secondary N) is 1. The molecule has 0 atom stereocenters. The van der Waals surface area contributed by atoms with Crippen molar-refractivity contribution in [2.24, 2.45) is 0 Å². The van der Waals surface area contributed by atoms with Gasteiger partial charge in [-0.15, -0.1) is 0 Å². The van der Waals surface area contributed by atoms with Crippen molar-refractivity contribution < 1.29 is 9.53 Å². The molecule has 1 heterocycles. The fourth-order valence-electron chi connectivity index (χ4n) is 1.35. The monoisotopic (exact) mass is 191 g/mol. The lowest BCUT2D eigenvalue weighted by Crippen LogP contribution is -1.91. The summed E-state index contributed by atoms with van der Waals surface area (Å²) in [6, 6.07) is 5.55. The fourth-order valence-corrected chi connectivity index (χ4v) is 1.35. The van der Waals surface area contributed by atoms with E-state index in [0.717, 1.165) is 16.6 Å². The van der Waals surface area contributed by atoms with Crippen LogP contribution in [0.25, 0.3) is 11.0 Å². The van der Waals surface area contributed by atoms with Gasteiger partial charge in [-0.2, -0.15) is 0 Å². The summed E-state index contributed by atoms with van der Waals surface area (Å²) < 4.78 is 4.66. The smallest absolute Gasteiger partial charge is 0.293 e. The standard InChI is InChI=1S/C9H9N3O2/c10-9-11-7-3-1-2-6(4-14-5-13)8(7)12-9/h1-3,5H,4H2,(H3,10,11,12). The average Bonchev–Trinajstić information content (AvgIpc) is 2.55. The summed E-state index contributed by atoms with van der Waals surface area (Å²) in [5.74, 6) is 0.360. The highest BCUT2D eigenvalue weighted by Gasteiger charge is 2.04. The van der Waals surface area contributed by atoms with Crippen molar-refractivity contribution in [2.45, 2.75) is 6.61 Å². The van der Waals surface area contributed by atoms with Crippen molar-refractivity contribution in [3.05, 3.63) is 23.8 Å². The second-order valence-corrected chi connectivity index (χ2v) is 2.84. The van der Waals surface area contributed by atoms with E-state index in [9.17, 15) is 4.79 Å². The van der Waals surface area contributed by atoms with Crippen LogP contribution in [0, 0.1) is 0 Å². The van der Waals surface area contributed by atoms with Crippen LogP contribution in [0.1, 0.15) is 5.56 Å². The first-order valence-electron chi connectivity index (χ1n) is 4.09. The Morgan fingerprint density at radius 1 is 1.57 bits per heavy atom. The molecule has 3 N–H and O–H groups in total. The maximum Gasteiger partial charge on any atom is 0.293 e. The van der Waals surface area contributed by atoms with Gasteiger partial charge in [0, 0.05) is 5.56 Å². The van der Waals surface area contributed by atoms with E-state index in [1.807, 2.05) is 18.2 Å². The molecule has 0 aliphatic carbocycles. The number of para-hydroxylation sites is 1. The molecule has 72 valence electrons. The Bertz CT molecular complexity index is 464. The second kappa shape index (κ2) is 3.37. The number of H-pyrrole nitrogens is 1. The first kappa shape index (κ1) is 8.55. The quantitative estimate of drug-likeness (QED) is 0.703. The van der Waals surface area contributed by atoms with Crippen LogP contribution in [0.4, 0.5) is 5.95 Å². The zero-order valence-electron chi connectivity index (χ0n) is 7.36. The Morgan fingerprint density at radius 2 is 2.43 bits per heavy atom. The number of carbonyl (C=O) groups excluding carboxylic acids is 1. The lowest BCUT2D eigenvalue weighted by Gasteiger charge is -1.99. The summed E-state index contributed by atoms with van der Waals surface area (Å²) in [4.78, 5) is 17.0. The molecule has 5 nitrogen and oxygen atoms in total. The van der Waals surface area contributed by atoms with Crippen LogP contribution >= 0.6 is 0 Å². The van der Waals surface area contributed by atoms with Crippen LogP contribution < -0.4 is 5.73 Å². The zero-order chi connectivity index (χ0) is 9.97. The molecule has 1 aromatic heterocycles. The van der Waals surface area contributed by atoms with E-state index in [1.54, 1.807) is 0 Å². The molecule has 0 fully saturated rings. The molecule has 0 saturated carbocycles. The van der Waals surface area contributed by atoms with E-state index >= 15 is 0 Å². The summed E-state index contributed by atoms with van der Waals surface area (Å²) in [7, 11) is 0. The molecule has 0 aliphatic rings. The summed E-state index contributed by atoms with van der Waals surface area (Å²) in [5.41, 5.74) is 7.93. The van der Waals surface area contributed by atoms with Crippen molar-refractivity contribution in [3.63, 3.8) is 0 Å². The normalized spacial score (nSPS) is 10.3. The minimum absolute atomic E-state index is 0.213. The van der Waals surface area contributed by atoms with E-state index in [-0.39, 0.29) is 6.61 Å². The van der Waals surface area contributed by atoms with Gasteiger partial charge in [0.1, 0.15) is 6.61 Å². The number of nitrogens with zero attached hydrogens (tertiary/aromatic N) is 1. The molecule has 0 unspecified atom stereocenters. The minimum atomic E-state index is 0.213. The maximum atomic E-state index is 10.0. The van der Waals surface area contributed by atoms with Gasteiger partial charge >= 0.3 is 0 Å². The number of aromatic nitrogens is 2. The summed E-state index contributed by atoms with van der Waals surface area (Å²) in [5, 5.41) is 0. The van der Waals surface area contributed by atoms with E-state index in [1.165, 1.54) is 0 Å². The maximum absolute atomic E-state index is 10.0. The van der Waals surface area contributed by atoms with Gasteiger partial charge in [-0.05, 0) is 6.07 Å². The highest BCUT2D eigenvalue weighted by atomic mass is 16.5. The number of hydrogen-bond donors (Lipinski definition) is 2. The predicted molar refractivity (Wildman–Crippen MR) is 51.4 cm³/mol. The molecule has 0 radical (unpaired) electrons. The molecule has 0 spiro atoms. The highest BCUT2D eigenvalue weighted by Crippen LogP contribution is 2.17. The number of carbonyl (C=O) groups is 1. The SMILES string of the molecule is Nc1nc2c(COC=O)cccc2[nH]1. The van der Waals surface area contributed by atoms with E-state index in [2.05, 4.69) is 14.7 Å². The molecule has 0 aliphatic heterocycles. The second-order valence-electron chi connectivity index (χ2n) is 2.84. The molecule has 5 heteroatoms. The molecule has 0 saturated heterocycles. The number of nitrogen functional groups attached to an aromatic ring is 1. The predicted octanol–water partition coefficient (Wildman–Crippen LogP) is 0.818. The van der Waals surface area contributed by atoms with Gasteiger partial charge in [-0.25, -0.2) is 4.98 Å². The van der Waals surface area contributed by atoms with Gasteiger partial charge in [0.25, 0.3) is 6.47 Å². The number of anilines is 1. The Hall–Kier alpha value is -2.04. The summed E-state index contributed by atoms with van der Waals surface area (Å²) >= 11 is 0. The third-order valence-electron chi connectivity index (χ3n) is 1.92. The molecule has 2 aromatic rings. The third kappa shape index (κ3) is 1.39. The van der Waals surface area contributed by atoms with Gasteiger partial charge in [-0.3, -0.25) is 4.79 Å². The van der Waals surface area contributed by atoms with Crippen molar-refractivity contribution >= 4 is 23.5 Å². The van der Waals surface area contributed by atoms with Crippen LogP contribution in [0.15, 0.2) is 18.2 Å².